The lowest BCUT2D eigenvalue weighted by molar-refractivity contribution is 0.668. The first-order valence-electron chi connectivity index (χ1n) is 21.2. The van der Waals surface area contributed by atoms with Crippen LogP contribution in [0, 0.1) is 13.8 Å². The van der Waals surface area contributed by atoms with Crippen LogP contribution in [0.15, 0.2) is 203 Å². The van der Waals surface area contributed by atoms with Crippen molar-refractivity contribution >= 4 is 99.5 Å². The first kappa shape index (κ1) is 34.8. The molecule has 0 atom stereocenters. The summed E-state index contributed by atoms with van der Waals surface area (Å²) in [5.41, 5.74) is 17.5. The molecule has 0 bridgehead atoms. The molecule has 10 aromatic carbocycles. The fourth-order valence-electron chi connectivity index (χ4n) is 9.74. The summed E-state index contributed by atoms with van der Waals surface area (Å²) in [6, 6.07) is 70.1. The van der Waals surface area contributed by atoms with Crippen LogP contribution in [0.25, 0.3) is 87.7 Å². The molecule has 0 N–H and O–H groups in total. The van der Waals surface area contributed by atoms with Gasteiger partial charge in [-0.3, -0.25) is 0 Å². The Balaban J connectivity index is 0.913. The maximum atomic E-state index is 6.59. The molecule has 0 saturated carbocycles. The summed E-state index contributed by atoms with van der Waals surface area (Å²) in [6.45, 7) is 4.26. The first-order valence-corrected chi connectivity index (χ1v) is 21.2. The molecule has 0 saturated heterocycles. The Hall–Kier alpha value is -8.08. The highest BCUT2D eigenvalue weighted by atomic mass is 16.3. The van der Waals surface area contributed by atoms with E-state index in [-0.39, 0.29) is 0 Å². The third-order valence-electron chi connectivity index (χ3n) is 12.9. The van der Waals surface area contributed by atoms with Gasteiger partial charge in [0, 0.05) is 44.3 Å². The van der Waals surface area contributed by atoms with Crippen molar-refractivity contribution in [1.29, 1.82) is 0 Å². The standard InChI is InChI=1S/C58H38N2O2/c1-35-17-23-41(24-18-35)59(53-13-7-11-47-45-9-3-5-15-55(45)61-57(47)53)43-27-21-37-31-49-51(33-39(37)29-43)50-32-38-22-28-44(30-40(38)34-52(49)50)60(42-25-19-36(2)20-26-42)54-14-8-12-48-46-10-4-6-16-56(46)62-58(48)54/h3-34H,1-2H3. The average molecular weight is 795 g/mol. The van der Waals surface area contributed by atoms with Crippen molar-refractivity contribution in [2.75, 3.05) is 9.80 Å². The Morgan fingerprint density at radius 2 is 0.677 bits per heavy atom. The zero-order valence-corrected chi connectivity index (χ0v) is 34.2. The van der Waals surface area contributed by atoms with Crippen molar-refractivity contribution in [3.05, 3.63) is 205 Å². The molecule has 0 fully saturated rings. The van der Waals surface area contributed by atoms with Gasteiger partial charge in [-0.05, 0) is 155 Å². The summed E-state index contributed by atoms with van der Waals surface area (Å²) in [4.78, 5) is 4.66. The van der Waals surface area contributed by atoms with E-state index in [1.807, 2.05) is 24.3 Å². The quantitative estimate of drug-likeness (QED) is 0.168. The van der Waals surface area contributed by atoms with Gasteiger partial charge < -0.3 is 18.6 Å². The minimum absolute atomic E-state index is 0.879. The Bertz CT molecular complexity index is 3520. The lowest BCUT2D eigenvalue weighted by Gasteiger charge is -2.28. The van der Waals surface area contributed by atoms with Crippen molar-refractivity contribution in [2.24, 2.45) is 0 Å². The predicted octanol–water partition coefficient (Wildman–Crippen LogP) is 17.0. The highest BCUT2D eigenvalue weighted by Crippen LogP contribution is 2.52. The lowest BCUT2D eigenvalue weighted by atomic mass is 9.78. The second kappa shape index (κ2) is 13.2. The smallest absolute Gasteiger partial charge is 0.159 e. The number of anilines is 6. The van der Waals surface area contributed by atoms with E-state index < -0.39 is 0 Å². The van der Waals surface area contributed by atoms with Crippen LogP contribution in [-0.4, -0.2) is 0 Å². The second-order valence-corrected chi connectivity index (χ2v) is 16.7. The number of rotatable bonds is 6. The van der Waals surface area contributed by atoms with Crippen LogP contribution >= 0.6 is 0 Å². The number of hydrogen-bond donors (Lipinski definition) is 0. The molecule has 0 amide bonds. The molecule has 62 heavy (non-hydrogen) atoms. The van der Waals surface area contributed by atoms with Crippen LogP contribution in [-0.2, 0) is 0 Å². The summed E-state index contributed by atoms with van der Waals surface area (Å²) in [5, 5.41) is 9.29. The van der Waals surface area contributed by atoms with Gasteiger partial charge in [-0.2, -0.15) is 0 Å². The van der Waals surface area contributed by atoms with Gasteiger partial charge >= 0.3 is 0 Å². The molecule has 292 valence electrons. The van der Waals surface area contributed by atoms with Crippen molar-refractivity contribution in [3.8, 4) is 22.3 Å². The van der Waals surface area contributed by atoms with Crippen LogP contribution in [0.5, 0.6) is 0 Å². The van der Waals surface area contributed by atoms with Gasteiger partial charge in [-0.1, -0.05) is 108 Å². The van der Waals surface area contributed by atoms with Gasteiger partial charge in [-0.25, -0.2) is 0 Å². The van der Waals surface area contributed by atoms with Gasteiger partial charge in [0.15, 0.2) is 11.2 Å². The molecule has 0 aliphatic heterocycles. The van der Waals surface area contributed by atoms with Gasteiger partial charge in [0.05, 0.1) is 11.4 Å². The van der Waals surface area contributed by atoms with E-state index in [4.69, 9.17) is 8.83 Å². The Morgan fingerprint density at radius 3 is 1.11 bits per heavy atom. The SMILES string of the molecule is Cc1ccc(N(c2ccc3cc4c(cc3c2)-c2cc3ccc(N(c5ccc(C)cc5)c5cccc6c5oc5ccccc56)cc3cc2-4)c2cccc3c2oc2ccccc23)cc1. The zero-order valence-electron chi connectivity index (χ0n) is 34.2. The molecule has 13 rings (SSSR count). The van der Waals surface area contributed by atoms with E-state index in [1.54, 1.807) is 0 Å². The highest BCUT2D eigenvalue weighted by Gasteiger charge is 2.26. The van der Waals surface area contributed by atoms with Crippen LogP contribution < -0.4 is 9.80 Å². The van der Waals surface area contributed by atoms with Crippen LogP contribution in [0.2, 0.25) is 0 Å². The largest absolute Gasteiger partial charge is 0.454 e. The summed E-state index contributed by atoms with van der Waals surface area (Å²) in [5.74, 6) is 0. The zero-order chi connectivity index (χ0) is 41.1. The number of aryl methyl sites for hydroxylation is 2. The summed E-state index contributed by atoms with van der Waals surface area (Å²) in [7, 11) is 0. The lowest BCUT2D eigenvalue weighted by Crippen LogP contribution is -2.10. The number of hydrogen-bond acceptors (Lipinski definition) is 4. The molecule has 1 aliphatic carbocycles. The Morgan fingerprint density at radius 1 is 0.306 bits per heavy atom. The number of para-hydroxylation sites is 4. The second-order valence-electron chi connectivity index (χ2n) is 16.7. The maximum Gasteiger partial charge on any atom is 0.159 e. The molecule has 1 aliphatic rings. The van der Waals surface area contributed by atoms with Gasteiger partial charge in [0.1, 0.15) is 11.2 Å². The Kier molecular flexibility index (Phi) is 7.40. The molecule has 12 aromatic rings. The fourth-order valence-corrected chi connectivity index (χ4v) is 9.74. The third kappa shape index (κ3) is 5.26. The van der Waals surface area contributed by atoms with E-state index in [9.17, 15) is 0 Å². The maximum absolute atomic E-state index is 6.59. The van der Waals surface area contributed by atoms with E-state index in [1.165, 1.54) is 54.9 Å². The summed E-state index contributed by atoms with van der Waals surface area (Å²) >= 11 is 0. The molecular weight excluding hydrogens is 757 g/mol. The van der Waals surface area contributed by atoms with Crippen molar-refractivity contribution in [1.82, 2.24) is 0 Å². The topological polar surface area (TPSA) is 32.8 Å². The molecule has 4 heteroatoms. The minimum Gasteiger partial charge on any atom is -0.454 e. The van der Waals surface area contributed by atoms with Crippen molar-refractivity contribution in [3.63, 3.8) is 0 Å². The number of nitrogens with zero attached hydrogens (tertiary/aromatic N) is 2. The monoisotopic (exact) mass is 794 g/mol. The average Bonchev–Trinajstić information content (AvgIpc) is 3.89. The predicted molar refractivity (Wildman–Crippen MR) is 259 cm³/mol. The summed E-state index contributed by atoms with van der Waals surface area (Å²) < 4.78 is 13.2. The number of fused-ring (bicyclic) bond motifs is 12. The van der Waals surface area contributed by atoms with Crippen LogP contribution in [0.3, 0.4) is 0 Å². The normalized spacial score (nSPS) is 12.0. The van der Waals surface area contributed by atoms with Gasteiger partial charge in [0.2, 0.25) is 0 Å². The molecule has 0 unspecified atom stereocenters. The van der Waals surface area contributed by atoms with Gasteiger partial charge in [0.25, 0.3) is 0 Å². The molecule has 4 nitrogen and oxygen atoms in total. The number of furan rings is 2. The third-order valence-corrected chi connectivity index (χ3v) is 12.9. The van der Waals surface area contributed by atoms with E-state index in [0.717, 1.165) is 78.0 Å². The first-order chi connectivity index (χ1) is 30.5. The van der Waals surface area contributed by atoms with Crippen LogP contribution in [0.4, 0.5) is 34.1 Å². The Labute approximate surface area is 358 Å². The van der Waals surface area contributed by atoms with Crippen molar-refractivity contribution < 1.29 is 8.83 Å². The highest BCUT2D eigenvalue weighted by molar-refractivity contribution is 6.14. The van der Waals surface area contributed by atoms with Crippen molar-refractivity contribution in [2.45, 2.75) is 13.8 Å². The molecule has 0 radical (unpaired) electrons. The molecule has 2 aromatic heterocycles. The van der Waals surface area contributed by atoms with Crippen LogP contribution in [0.1, 0.15) is 11.1 Å². The van der Waals surface area contributed by atoms with E-state index in [0.29, 0.717) is 0 Å². The summed E-state index contributed by atoms with van der Waals surface area (Å²) in [6.07, 6.45) is 0. The fraction of sp³-hybridized carbons (Fsp3) is 0.0345. The molecule has 0 spiro atoms. The molecular formula is C58H38N2O2. The van der Waals surface area contributed by atoms with E-state index >= 15 is 0 Å². The number of benzene rings is 10. The van der Waals surface area contributed by atoms with E-state index in [2.05, 4.69) is 194 Å². The molecule has 2 heterocycles. The van der Waals surface area contributed by atoms with Gasteiger partial charge in [-0.15, -0.1) is 0 Å². The minimum atomic E-state index is 0.879.